The number of H-pyrrole nitrogens is 1. The molecule has 0 atom stereocenters. The number of likely N-dealkylation sites (N-methyl/N-ethyl adjacent to an activating group) is 1. The van der Waals surface area contributed by atoms with Gasteiger partial charge in [-0.15, -0.1) is 0 Å². The van der Waals surface area contributed by atoms with Crippen molar-refractivity contribution in [2.24, 2.45) is 0 Å². The smallest absolute Gasteiger partial charge is 0.323 e. The molecule has 1 saturated carbocycles. The predicted molar refractivity (Wildman–Crippen MR) is 187 cm³/mol. The Hall–Kier alpha value is -5.16. The van der Waals surface area contributed by atoms with Gasteiger partial charge in [0, 0.05) is 52.7 Å². The second-order valence-electron chi connectivity index (χ2n) is 12.2. The minimum absolute atomic E-state index is 0. The summed E-state index contributed by atoms with van der Waals surface area (Å²) in [4.78, 5) is 44.0. The van der Waals surface area contributed by atoms with Crippen LogP contribution in [0, 0.1) is 5.82 Å². The first kappa shape index (κ1) is 34.2. The van der Waals surface area contributed by atoms with Crippen molar-refractivity contribution in [2.75, 3.05) is 44.9 Å². The van der Waals surface area contributed by atoms with E-state index in [4.69, 9.17) is 9.47 Å². The molecule has 10 nitrogen and oxygen atoms in total. The van der Waals surface area contributed by atoms with Gasteiger partial charge in [0.25, 0.3) is 5.91 Å². The van der Waals surface area contributed by atoms with Gasteiger partial charge in [0.2, 0.25) is 5.78 Å². The lowest BCUT2D eigenvalue weighted by atomic mass is 9.85. The van der Waals surface area contributed by atoms with E-state index in [-0.39, 0.29) is 30.8 Å². The molecule has 1 aromatic heterocycles. The van der Waals surface area contributed by atoms with Crippen LogP contribution in [0.25, 0.3) is 17.0 Å². The molecule has 0 spiro atoms. The van der Waals surface area contributed by atoms with Gasteiger partial charge in [-0.1, -0.05) is 26.7 Å². The Morgan fingerprint density at radius 3 is 2.44 bits per heavy atom. The lowest BCUT2D eigenvalue weighted by molar-refractivity contribution is 0.0950. The number of methoxy groups -OCH3 is 1. The number of allylic oxidation sites excluding steroid dienone is 1. The predicted octanol–water partition coefficient (Wildman–Crippen LogP) is 7.55. The third-order valence-electron chi connectivity index (χ3n) is 8.60. The Morgan fingerprint density at radius 1 is 1.02 bits per heavy atom. The van der Waals surface area contributed by atoms with Gasteiger partial charge in [-0.25, -0.2) is 9.18 Å². The summed E-state index contributed by atoms with van der Waals surface area (Å²) < 4.78 is 26.5. The average Bonchev–Trinajstić information content (AvgIpc) is 3.58. The summed E-state index contributed by atoms with van der Waals surface area (Å²) in [6.07, 6.45) is 6.99. The number of nitrogens with one attached hydrogen (secondary N) is 4. The van der Waals surface area contributed by atoms with Gasteiger partial charge in [-0.05, 0) is 87.5 Å². The number of ether oxygens (including phenoxy) is 2. The minimum atomic E-state index is -0.512. The van der Waals surface area contributed by atoms with Crippen LogP contribution in [0.3, 0.4) is 0 Å². The van der Waals surface area contributed by atoms with Crippen LogP contribution in [0.15, 0.2) is 60.4 Å². The van der Waals surface area contributed by atoms with Crippen molar-refractivity contribution in [1.29, 1.82) is 0 Å². The molecule has 0 saturated heterocycles. The minimum Gasteiger partial charge on any atom is -0.497 e. The quantitative estimate of drug-likeness (QED) is 0.138. The third kappa shape index (κ3) is 7.36. The van der Waals surface area contributed by atoms with Crippen LogP contribution in [0.4, 0.5) is 20.6 Å². The standard InChI is InChI=1S/C36H38FN5O5.CH4/c1-42(2)16-15-38-35(44)22-9-11-23(12-10-22)39-36(45)40-24-13-14-30-28(17-24)34(43)31(47-30)20-27-26-18-25(46-3)19-29(37)33(26)41-32(27)21-7-5-4-6-8-21;/h9-14,17-21,41H,4-8,15-16H2,1-3H3,(H,38,44)(H2,39,40,45);1H4/b31-20-;. The number of amides is 3. The number of anilines is 2. The Morgan fingerprint density at radius 2 is 1.73 bits per heavy atom. The molecule has 2 heterocycles. The molecule has 2 aliphatic rings. The molecule has 1 aliphatic carbocycles. The fourth-order valence-corrected chi connectivity index (χ4v) is 6.15. The number of urea groups is 1. The molecule has 0 bridgehead atoms. The van der Waals surface area contributed by atoms with E-state index in [1.165, 1.54) is 19.6 Å². The molecular weight excluding hydrogens is 613 g/mol. The largest absolute Gasteiger partial charge is 0.497 e. The van der Waals surface area contributed by atoms with Crippen LogP contribution in [0.2, 0.25) is 0 Å². The Balaban J connectivity index is 0.00000451. The van der Waals surface area contributed by atoms with Gasteiger partial charge < -0.3 is 35.3 Å². The molecule has 3 amide bonds. The number of nitrogens with zero attached hydrogens (tertiary/aromatic N) is 1. The summed E-state index contributed by atoms with van der Waals surface area (Å²) >= 11 is 0. The number of hydrogen-bond acceptors (Lipinski definition) is 6. The van der Waals surface area contributed by atoms with Crippen molar-refractivity contribution < 1.29 is 28.2 Å². The fraction of sp³-hybridized carbons (Fsp3) is 0.324. The molecule has 11 heteroatoms. The van der Waals surface area contributed by atoms with E-state index in [2.05, 4.69) is 20.9 Å². The third-order valence-corrected chi connectivity index (χ3v) is 8.60. The van der Waals surface area contributed by atoms with Crippen LogP contribution in [0.5, 0.6) is 11.5 Å². The van der Waals surface area contributed by atoms with E-state index in [0.717, 1.165) is 43.5 Å². The molecule has 252 valence electrons. The van der Waals surface area contributed by atoms with Crippen molar-refractivity contribution in [3.63, 3.8) is 0 Å². The summed E-state index contributed by atoms with van der Waals surface area (Å²) in [7, 11) is 5.35. The number of carbonyl (C=O) groups excluding carboxylic acids is 3. The highest BCUT2D eigenvalue weighted by molar-refractivity contribution is 6.16. The van der Waals surface area contributed by atoms with Gasteiger partial charge in [0.05, 0.1) is 18.2 Å². The second kappa shape index (κ2) is 14.7. The maximum absolute atomic E-state index is 15.1. The Labute approximate surface area is 279 Å². The molecule has 3 aromatic carbocycles. The normalized spacial score (nSPS) is 15.2. The highest BCUT2D eigenvalue weighted by atomic mass is 19.1. The molecule has 1 fully saturated rings. The van der Waals surface area contributed by atoms with Crippen LogP contribution >= 0.6 is 0 Å². The number of ketones is 1. The van der Waals surface area contributed by atoms with Gasteiger partial charge in [-0.3, -0.25) is 9.59 Å². The van der Waals surface area contributed by atoms with E-state index < -0.39 is 11.8 Å². The molecule has 0 radical (unpaired) electrons. The van der Waals surface area contributed by atoms with Gasteiger partial charge in [0.15, 0.2) is 11.6 Å². The monoisotopic (exact) mass is 655 g/mol. The molecule has 6 rings (SSSR count). The van der Waals surface area contributed by atoms with Crippen LogP contribution < -0.4 is 25.4 Å². The van der Waals surface area contributed by atoms with E-state index in [0.29, 0.717) is 51.4 Å². The van der Waals surface area contributed by atoms with Gasteiger partial charge in [0.1, 0.15) is 11.5 Å². The highest BCUT2D eigenvalue weighted by Crippen LogP contribution is 2.41. The summed E-state index contributed by atoms with van der Waals surface area (Å²) in [6.45, 7) is 1.26. The van der Waals surface area contributed by atoms with Crippen LogP contribution in [0.1, 0.15) is 77.4 Å². The number of rotatable bonds is 9. The van der Waals surface area contributed by atoms with E-state index in [9.17, 15) is 14.4 Å². The number of fused-ring (bicyclic) bond motifs is 2. The number of hydrogen-bond donors (Lipinski definition) is 4. The van der Waals surface area contributed by atoms with Gasteiger partial charge >= 0.3 is 6.03 Å². The molecule has 4 N–H and O–H groups in total. The number of aromatic nitrogens is 1. The van der Waals surface area contributed by atoms with Crippen molar-refractivity contribution in [1.82, 2.24) is 15.2 Å². The van der Waals surface area contributed by atoms with Gasteiger partial charge in [-0.2, -0.15) is 0 Å². The zero-order chi connectivity index (χ0) is 33.1. The first-order valence-electron chi connectivity index (χ1n) is 15.8. The molecule has 0 unspecified atom stereocenters. The zero-order valence-electron chi connectivity index (χ0n) is 26.7. The SMILES string of the molecule is C.COc1cc(F)c2[nH]c(C3CCCCC3)c(/C=C3\Oc4ccc(NC(=O)Nc5ccc(C(=O)NCCN(C)C)cc5)cc4C3=O)c2c1. The Kier molecular flexibility index (Phi) is 10.5. The fourth-order valence-electron chi connectivity index (χ4n) is 6.15. The summed E-state index contributed by atoms with van der Waals surface area (Å²) in [5, 5.41) is 8.97. The number of Topliss-reactive ketones (excluding diaryl/α,β-unsaturated/α-hetero) is 1. The van der Waals surface area contributed by atoms with Crippen LogP contribution in [-0.2, 0) is 0 Å². The van der Waals surface area contributed by atoms with E-state index in [1.54, 1.807) is 54.6 Å². The number of benzene rings is 3. The molecule has 48 heavy (non-hydrogen) atoms. The first-order valence-corrected chi connectivity index (χ1v) is 15.8. The number of carbonyl (C=O) groups is 3. The summed E-state index contributed by atoms with van der Waals surface area (Å²) in [6, 6.07) is 14.0. The lowest BCUT2D eigenvalue weighted by Gasteiger charge is -2.21. The van der Waals surface area contributed by atoms with Crippen molar-refractivity contribution in [2.45, 2.75) is 45.4 Å². The topological polar surface area (TPSA) is 125 Å². The average molecular weight is 656 g/mol. The maximum Gasteiger partial charge on any atom is 0.323 e. The highest BCUT2D eigenvalue weighted by Gasteiger charge is 2.30. The molecular formula is C37H42FN5O5. The first-order chi connectivity index (χ1) is 22.7. The Bertz CT molecular complexity index is 1860. The van der Waals surface area contributed by atoms with Crippen molar-refractivity contribution >= 4 is 46.1 Å². The van der Waals surface area contributed by atoms with E-state index >= 15 is 4.39 Å². The second-order valence-corrected chi connectivity index (χ2v) is 12.2. The van der Waals surface area contributed by atoms with Crippen molar-refractivity contribution in [3.05, 3.63) is 88.6 Å². The maximum atomic E-state index is 15.1. The van der Waals surface area contributed by atoms with E-state index in [1.807, 2.05) is 19.0 Å². The number of halogens is 1. The lowest BCUT2D eigenvalue weighted by Crippen LogP contribution is -2.31. The van der Waals surface area contributed by atoms with Crippen molar-refractivity contribution in [3.8, 4) is 11.5 Å². The molecule has 4 aromatic rings. The zero-order valence-corrected chi connectivity index (χ0v) is 26.7. The van der Waals surface area contributed by atoms with Crippen LogP contribution in [-0.4, -0.2) is 61.9 Å². The number of aromatic amines is 1. The summed E-state index contributed by atoms with van der Waals surface area (Å²) in [5.41, 5.74) is 3.67. The summed E-state index contributed by atoms with van der Waals surface area (Å²) in [5.74, 6) is 0.135. The molecule has 1 aliphatic heterocycles.